The SMILES string of the molecule is COc1cccc(-c2cc(N3CCOC[C@H]3C)nc3c(-c4ccn[nH]4)ncc(C)c23)c1F. The van der Waals surface area contributed by atoms with E-state index in [2.05, 4.69) is 27.0 Å². The van der Waals surface area contributed by atoms with Gasteiger partial charge >= 0.3 is 0 Å². The summed E-state index contributed by atoms with van der Waals surface area (Å²) in [7, 11) is 1.47. The summed E-state index contributed by atoms with van der Waals surface area (Å²) in [4.78, 5) is 11.9. The zero-order valence-corrected chi connectivity index (χ0v) is 18.2. The zero-order chi connectivity index (χ0) is 22.2. The molecule has 0 radical (unpaired) electrons. The normalized spacial score (nSPS) is 16.5. The van der Waals surface area contributed by atoms with Gasteiger partial charge in [-0.25, -0.2) is 9.37 Å². The second kappa shape index (κ2) is 8.20. The number of aromatic nitrogens is 4. The van der Waals surface area contributed by atoms with Crippen LogP contribution >= 0.6 is 0 Å². The van der Waals surface area contributed by atoms with Crippen LogP contribution in [0.1, 0.15) is 12.5 Å². The van der Waals surface area contributed by atoms with Gasteiger partial charge in [-0.1, -0.05) is 12.1 Å². The van der Waals surface area contributed by atoms with Crippen LogP contribution in [0.5, 0.6) is 5.75 Å². The summed E-state index contributed by atoms with van der Waals surface area (Å²) in [5, 5.41) is 7.90. The number of morpholine rings is 1. The minimum atomic E-state index is -0.400. The van der Waals surface area contributed by atoms with Crippen LogP contribution in [-0.4, -0.2) is 53.1 Å². The summed E-state index contributed by atoms with van der Waals surface area (Å²) in [6, 6.07) is 9.16. The zero-order valence-electron chi connectivity index (χ0n) is 18.2. The lowest BCUT2D eigenvalue weighted by Crippen LogP contribution is -2.44. The standard InChI is InChI=1S/C24H24FN5O2/c1-14-12-26-23(18-7-8-27-29-18)24-21(14)17(16-5-4-6-19(31-3)22(16)25)11-20(28-24)30-9-10-32-13-15(30)2/h4-8,11-12,15H,9-10,13H2,1-3H3,(H,27,29)/t15-/m1/s1. The number of ether oxygens (including phenoxy) is 2. The lowest BCUT2D eigenvalue weighted by Gasteiger charge is -2.34. The van der Waals surface area contributed by atoms with Crippen molar-refractivity contribution in [1.29, 1.82) is 0 Å². The van der Waals surface area contributed by atoms with Gasteiger partial charge in [-0.05, 0) is 43.2 Å². The maximum Gasteiger partial charge on any atom is 0.172 e. The van der Waals surface area contributed by atoms with Gasteiger partial charge in [-0.2, -0.15) is 5.10 Å². The molecule has 32 heavy (non-hydrogen) atoms. The van der Waals surface area contributed by atoms with E-state index in [0.717, 1.165) is 28.0 Å². The van der Waals surface area contributed by atoms with Crippen LogP contribution in [0.15, 0.2) is 42.7 Å². The Hall–Kier alpha value is -3.52. The molecule has 1 fully saturated rings. The first kappa shape index (κ1) is 20.4. The number of pyridine rings is 2. The predicted octanol–water partition coefficient (Wildman–Crippen LogP) is 4.37. The maximum atomic E-state index is 15.4. The van der Waals surface area contributed by atoms with Crippen LogP contribution in [0.2, 0.25) is 0 Å². The largest absolute Gasteiger partial charge is 0.494 e. The van der Waals surface area contributed by atoms with Crippen LogP contribution < -0.4 is 9.64 Å². The van der Waals surface area contributed by atoms with Gasteiger partial charge in [-0.3, -0.25) is 10.1 Å². The van der Waals surface area contributed by atoms with Crippen molar-refractivity contribution in [3.63, 3.8) is 0 Å². The van der Waals surface area contributed by atoms with Gasteiger partial charge in [0.05, 0.1) is 32.1 Å². The number of benzene rings is 1. The highest BCUT2D eigenvalue weighted by atomic mass is 19.1. The van der Waals surface area contributed by atoms with Gasteiger partial charge in [0.1, 0.15) is 17.0 Å². The third-order valence-electron chi connectivity index (χ3n) is 5.90. The Morgan fingerprint density at radius 2 is 2.12 bits per heavy atom. The van der Waals surface area contributed by atoms with E-state index in [1.54, 1.807) is 30.6 Å². The molecule has 1 N–H and O–H groups in total. The van der Waals surface area contributed by atoms with Crippen molar-refractivity contribution in [3.05, 3.63) is 54.1 Å². The number of aryl methyl sites for hydroxylation is 1. The Morgan fingerprint density at radius 1 is 1.25 bits per heavy atom. The summed E-state index contributed by atoms with van der Waals surface area (Å²) < 4.78 is 26.3. The van der Waals surface area contributed by atoms with Crippen molar-refractivity contribution in [3.8, 4) is 28.3 Å². The average Bonchev–Trinajstić information content (AvgIpc) is 3.34. The van der Waals surface area contributed by atoms with Crippen LogP contribution in [0.25, 0.3) is 33.4 Å². The van der Waals surface area contributed by atoms with E-state index in [4.69, 9.17) is 14.5 Å². The smallest absolute Gasteiger partial charge is 0.172 e. The highest BCUT2D eigenvalue weighted by Crippen LogP contribution is 2.39. The van der Waals surface area contributed by atoms with Crippen molar-refractivity contribution in [1.82, 2.24) is 20.2 Å². The molecule has 4 aromatic rings. The number of anilines is 1. The molecule has 5 rings (SSSR count). The molecule has 4 heterocycles. The molecule has 1 aliphatic rings. The number of fused-ring (bicyclic) bond motifs is 1. The number of nitrogens with zero attached hydrogens (tertiary/aromatic N) is 4. The quantitative estimate of drug-likeness (QED) is 0.515. The van der Waals surface area contributed by atoms with Gasteiger partial charge in [0, 0.05) is 29.9 Å². The summed E-state index contributed by atoms with van der Waals surface area (Å²) >= 11 is 0. The number of methoxy groups -OCH3 is 1. The number of aromatic amines is 1. The molecule has 0 spiro atoms. The lowest BCUT2D eigenvalue weighted by molar-refractivity contribution is 0.0986. The summed E-state index contributed by atoms with van der Waals surface area (Å²) in [5.74, 6) is 0.565. The van der Waals surface area contributed by atoms with Crippen LogP contribution in [0.3, 0.4) is 0 Å². The average molecular weight is 433 g/mol. The molecule has 1 aliphatic heterocycles. The van der Waals surface area contributed by atoms with E-state index in [1.165, 1.54) is 7.11 Å². The lowest BCUT2D eigenvalue weighted by atomic mass is 9.96. The third kappa shape index (κ3) is 3.36. The minimum absolute atomic E-state index is 0.144. The fourth-order valence-corrected chi connectivity index (χ4v) is 4.28. The molecule has 1 aromatic carbocycles. The molecule has 3 aromatic heterocycles. The molecule has 0 bridgehead atoms. The number of hydrogen-bond acceptors (Lipinski definition) is 6. The molecule has 8 heteroatoms. The molecule has 0 aliphatic carbocycles. The van der Waals surface area contributed by atoms with Crippen LogP contribution in [0.4, 0.5) is 10.2 Å². The molecule has 0 amide bonds. The van der Waals surface area contributed by atoms with Gasteiger partial charge < -0.3 is 14.4 Å². The summed E-state index contributed by atoms with van der Waals surface area (Å²) in [6.45, 7) is 6.00. The highest BCUT2D eigenvalue weighted by Gasteiger charge is 2.25. The van der Waals surface area contributed by atoms with E-state index < -0.39 is 5.82 Å². The van der Waals surface area contributed by atoms with Crippen LogP contribution in [-0.2, 0) is 4.74 Å². The fourth-order valence-electron chi connectivity index (χ4n) is 4.28. The summed E-state index contributed by atoms with van der Waals surface area (Å²) in [5.41, 5.74) is 4.25. The second-order valence-corrected chi connectivity index (χ2v) is 7.95. The van der Waals surface area contributed by atoms with E-state index in [9.17, 15) is 0 Å². The molecular formula is C24H24FN5O2. The Bertz CT molecular complexity index is 1280. The number of nitrogens with one attached hydrogen (secondary N) is 1. The van der Waals surface area contributed by atoms with Crippen molar-refractivity contribution in [2.24, 2.45) is 0 Å². The van der Waals surface area contributed by atoms with Gasteiger partial charge in [0.25, 0.3) is 0 Å². The molecule has 1 atom stereocenters. The fraction of sp³-hybridized carbons (Fsp3) is 0.292. The van der Waals surface area contributed by atoms with Crippen molar-refractivity contribution < 1.29 is 13.9 Å². The Balaban J connectivity index is 1.85. The third-order valence-corrected chi connectivity index (χ3v) is 5.90. The highest BCUT2D eigenvalue weighted by molar-refractivity contribution is 6.03. The van der Waals surface area contributed by atoms with E-state index in [0.29, 0.717) is 36.5 Å². The van der Waals surface area contributed by atoms with Gasteiger partial charge in [0.15, 0.2) is 11.6 Å². The Morgan fingerprint density at radius 3 is 2.88 bits per heavy atom. The Kier molecular flexibility index (Phi) is 5.22. The Labute approximate surface area is 185 Å². The molecule has 0 saturated carbocycles. The predicted molar refractivity (Wildman–Crippen MR) is 121 cm³/mol. The number of rotatable bonds is 4. The molecule has 7 nitrogen and oxygen atoms in total. The number of halogens is 1. The monoisotopic (exact) mass is 433 g/mol. The van der Waals surface area contributed by atoms with Crippen LogP contribution in [0, 0.1) is 12.7 Å². The van der Waals surface area contributed by atoms with Crippen molar-refractivity contribution in [2.75, 3.05) is 31.8 Å². The topological polar surface area (TPSA) is 76.2 Å². The van der Waals surface area contributed by atoms with Crippen molar-refractivity contribution >= 4 is 16.7 Å². The van der Waals surface area contributed by atoms with E-state index >= 15 is 4.39 Å². The number of hydrogen-bond donors (Lipinski definition) is 1. The van der Waals surface area contributed by atoms with E-state index in [1.807, 2.05) is 19.1 Å². The second-order valence-electron chi connectivity index (χ2n) is 7.95. The minimum Gasteiger partial charge on any atom is -0.494 e. The van der Waals surface area contributed by atoms with E-state index in [-0.39, 0.29) is 11.8 Å². The van der Waals surface area contributed by atoms with Gasteiger partial charge in [-0.15, -0.1) is 0 Å². The maximum absolute atomic E-state index is 15.4. The first-order valence-electron chi connectivity index (χ1n) is 10.6. The summed E-state index contributed by atoms with van der Waals surface area (Å²) in [6.07, 6.45) is 3.47. The number of H-pyrrole nitrogens is 1. The molecule has 164 valence electrons. The molecular weight excluding hydrogens is 409 g/mol. The first-order valence-corrected chi connectivity index (χ1v) is 10.6. The van der Waals surface area contributed by atoms with Crippen molar-refractivity contribution in [2.45, 2.75) is 19.9 Å². The first-order chi connectivity index (χ1) is 15.6. The molecule has 0 unspecified atom stereocenters. The molecule has 1 saturated heterocycles. The van der Waals surface area contributed by atoms with Gasteiger partial charge in [0.2, 0.25) is 0 Å².